The van der Waals surface area contributed by atoms with Gasteiger partial charge in [-0.1, -0.05) is 18.2 Å². The lowest BCUT2D eigenvalue weighted by molar-refractivity contribution is 0.400. The minimum Gasteiger partial charge on any atom is -0.570 e. The standard InChI is InChI=1S/C15H15NO3S/c1-15(2,3)16-14(17)9-13(20(16)18)12-8-10-6-4-5-7-11(10)19-12/h4-9H,1-3H3. The maximum atomic E-state index is 12.5. The molecule has 0 aliphatic rings. The highest BCUT2D eigenvalue weighted by Crippen LogP contribution is 2.36. The Hall–Kier alpha value is -1.85. The Labute approximate surface area is 119 Å². The fourth-order valence-corrected chi connectivity index (χ4v) is 3.63. The van der Waals surface area contributed by atoms with Crippen LogP contribution in [0.5, 0.6) is 0 Å². The fraction of sp³-hybridized carbons (Fsp3) is 0.267. The topological polar surface area (TPSA) is 58.2 Å². The molecule has 20 heavy (non-hydrogen) atoms. The van der Waals surface area contributed by atoms with Gasteiger partial charge in [0.25, 0.3) is 5.56 Å². The molecule has 0 saturated carbocycles. The number of fused-ring (bicyclic) bond motifs is 1. The molecule has 0 saturated heterocycles. The molecule has 3 aromatic rings. The van der Waals surface area contributed by atoms with Crippen molar-refractivity contribution in [1.82, 2.24) is 3.96 Å². The van der Waals surface area contributed by atoms with Crippen molar-refractivity contribution in [2.45, 2.75) is 26.3 Å². The molecule has 0 N–H and O–H groups in total. The lowest BCUT2D eigenvalue weighted by Gasteiger charge is -2.17. The Balaban J connectivity index is 2.23. The first-order chi connectivity index (χ1) is 9.38. The van der Waals surface area contributed by atoms with Gasteiger partial charge in [-0.05, 0) is 32.9 Å². The summed E-state index contributed by atoms with van der Waals surface area (Å²) in [7, 11) is -1.52. The van der Waals surface area contributed by atoms with E-state index in [9.17, 15) is 9.35 Å². The summed E-state index contributed by atoms with van der Waals surface area (Å²) in [4.78, 5) is 12.5. The van der Waals surface area contributed by atoms with Crippen molar-refractivity contribution in [3.05, 3.63) is 46.8 Å². The predicted octanol–water partition coefficient (Wildman–Crippen LogP) is 3.74. The lowest BCUT2D eigenvalue weighted by Crippen LogP contribution is -2.30. The zero-order chi connectivity index (χ0) is 14.5. The van der Waals surface area contributed by atoms with Crippen LogP contribution in [0, 0.1) is 0 Å². The monoisotopic (exact) mass is 289 g/mol. The second-order valence-electron chi connectivity index (χ2n) is 5.71. The van der Waals surface area contributed by atoms with Crippen molar-refractivity contribution < 1.29 is 8.97 Å². The summed E-state index contributed by atoms with van der Waals surface area (Å²) >= 11 is 0. The zero-order valence-corrected chi connectivity index (χ0v) is 12.4. The highest BCUT2D eigenvalue weighted by atomic mass is 32.2. The SMILES string of the molecule is CC(C)(C)n1c(=O)cc(-c2cc3ccccc3o2)[s+]1[O-]. The second-order valence-corrected chi connectivity index (χ2v) is 7.01. The molecular weight excluding hydrogens is 274 g/mol. The van der Waals surface area contributed by atoms with Crippen LogP contribution in [0.3, 0.4) is 0 Å². The van der Waals surface area contributed by atoms with Gasteiger partial charge in [0, 0.05) is 5.39 Å². The number of para-hydroxylation sites is 1. The Morgan fingerprint density at radius 1 is 1.20 bits per heavy atom. The van der Waals surface area contributed by atoms with Gasteiger partial charge in [0.15, 0.2) is 5.76 Å². The molecule has 0 radical (unpaired) electrons. The van der Waals surface area contributed by atoms with Crippen LogP contribution in [-0.4, -0.2) is 8.51 Å². The molecule has 104 valence electrons. The summed E-state index contributed by atoms with van der Waals surface area (Å²) in [5, 5.41) is 0.932. The summed E-state index contributed by atoms with van der Waals surface area (Å²) in [5.41, 5.74) is -0.0139. The molecule has 2 aromatic heterocycles. The van der Waals surface area contributed by atoms with Gasteiger partial charge in [-0.15, -0.1) is 3.96 Å². The van der Waals surface area contributed by atoms with Crippen LogP contribution in [0.1, 0.15) is 20.8 Å². The quantitative estimate of drug-likeness (QED) is 0.641. The first-order valence-corrected chi connectivity index (χ1v) is 7.45. The average Bonchev–Trinajstić information content (AvgIpc) is 2.88. The first kappa shape index (κ1) is 13.1. The molecule has 0 spiro atoms. The summed E-state index contributed by atoms with van der Waals surface area (Å²) in [6.45, 7) is 5.58. The van der Waals surface area contributed by atoms with Gasteiger partial charge in [-0.2, -0.15) is 0 Å². The Morgan fingerprint density at radius 2 is 1.90 bits per heavy atom. The number of hydrogen-bond acceptors (Lipinski definition) is 3. The molecule has 0 amide bonds. The average molecular weight is 289 g/mol. The van der Waals surface area contributed by atoms with E-state index in [0.717, 1.165) is 11.0 Å². The molecule has 0 aliphatic heterocycles. The van der Waals surface area contributed by atoms with Crippen molar-refractivity contribution in [1.29, 1.82) is 0 Å². The van der Waals surface area contributed by atoms with Crippen molar-refractivity contribution in [3.63, 3.8) is 0 Å². The molecule has 1 unspecified atom stereocenters. The van der Waals surface area contributed by atoms with Crippen molar-refractivity contribution in [2.24, 2.45) is 0 Å². The molecule has 4 nitrogen and oxygen atoms in total. The van der Waals surface area contributed by atoms with E-state index >= 15 is 0 Å². The Morgan fingerprint density at radius 3 is 2.50 bits per heavy atom. The highest BCUT2D eigenvalue weighted by Gasteiger charge is 2.28. The fourth-order valence-electron chi connectivity index (χ4n) is 2.24. The lowest BCUT2D eigenvalue weighted by atomic mass is 10.1. The summed E-state index contributed by atoms with van der Waals surface area (Å²) in [5.74, 6) is 0.490. The van der Waals surface area contributed by atoms with E-state index in [2.05, 4.69) is 0 Å². The van der Waals surface area contributed by atoms with E-state index in [1.165, 1.54) is 10.0 Å². The molecule has 5 heteroatoms. The van der Waals surface area contributed by atoms with Crippen LogP contribution in [0.4, 0.5) is 0 Å². The Bertz CT molecular complexity index is 800. The van der Waals surface area contributed by atoms with Crippen LogP contribution in [-0.2, 0) is 5.54 Å². The number of nitrogens with zero attached hydrogens (tertiary/aromatic N) is 1. The molecule has 2 heterocycles. The molecule has 1 aromatic carbocycles. The number of benzene rings is 1. The number of hydrogen-bond donors (Lipinski definition) is 0. The summed E-state index contributed by atoms with van der Waals surface area (Å²) in [6, 6.07) is 10.8. The van der Waals surface area contributed by atoms with E-state index in [-0.39, 0.29) is 5.56 Å². The Kier molecular flexibility index (Phi) is 2.84. The second kappa shape index (κ2) is 4.33. The van der Waals surface area contributed by atoms with Gasteiger partial charge < -0.3 is 8.97 Å². The van der Waals surface area contributed by atoms with Crippen molar-refractivity contribution in [3.8, 4) is 10.6 Å². The molecule has 0 fully saturated rings. The van der Waals surface area contributed by atoms with Crippen LogP contribution in [0.15, 0.2) is 45.6 Å². The van der Waals surface area contributed by atoms with E-state index in [1.54, 1.807) is 0 Å². The molecule has 0 bridgehead atoms. The van der Waals surface area contributed by atoms with E-state index in [0.29, 0.717) is 10.6 Å². The molecule has 0 aliphatic carbocycles. The van der Waals surface area contributed by atoms with Gasteiger partial charge >= 0.3 is 0 Å². The van der Waals surface area contributed by atoms with Gasteiger partial charge in [-0.3, -0.25) is 4.79 Å². The smallest absolute Gasteiger partial charge is 0.297 e. The van der Waals surface area contributed by atoms with Gasteiger partial charge in [-0.25, -0.2) is 0 Å². The third-order valence-corrected chi connectivity index (χ3v) is 4.84. The van der Waals surface area contributed by atoms with E-state index in [4.69, 9.17) is 4.42 Å². The van der Waals surface area contributed by atoms with Gasteiger partial charge in [0.05, 0.1) is 22.6 Å². The number of rotatable bonds is 1. The van der Waals surface area contributed by atoms with Crippen LogP contribution in [0.2, 0.25) is 0 Å². The van der Waals surface area contributed by atoms with E-state index < -0.39 is 16.5 Å². The first-order valence-electron chi connectivity index (χ1n) is 6.35. The van der Waals surface area contributed by atoms with Crippen LogP contribution in [0.25, 0.3) is 21.6 Å². The molecule has 3 rings (SSSR count). The zero-order valence-electron chi connectivity index (χ0n) is 11.5. The van der Waals surface area contributed by atoms with Crippen molar-refractivity contribution >= 4 is 21.9 Å². The third-order valence-electron chi connectivity index (χ3n) is 3.09. The normalized spacial score (nSPS) is 13.1. The molecular formula is C15H15NO3S. The van der Waals surface area contributed by atoms with Gasteiger partial charge in [0.1, 0.15) is 5.58 Å². The van der Waals surface area contributed by atoms with Gasteiger partial charge in [0.2, 0.25) is 4.88 Å². The maximum Gasteiger partial charge on any atom is 0.297 e. The largest absolute Gasteiger partial charge is 0.570 e. The minimum atomic E-state index is -1.52. The van der Waals surface area contributed by atoms with E-state index in [1.807, 2.05) is 51.1 Å². The predicted molar refractivity (Wildman–Crippen MR) is 79.6 cm³/mol. The number of aromatic nitrogens is 1. The molecule has 1 atom stereocenters. The van der Waals surface area contributed by atoms with Crippen LogP contribution >= 0.6 is 10.9 Å². The summed E-state index contributed by atoms with van der Waals surface area (Å²) < 4.78 is 19.6. The highest BCUT2D eigenvalue weighted by molar-refractivity contribution is 7.23. The third kappa shape index (κ3) is 1.99. The maximum absolute atomic E-state index is 12.5. The summed E-state index contributed by atoms with van der Waals surface area (Å²) in [6.07, 6.45) is 0. The number of furan rings is 1. The minimum absolute atomic E-state index is 0.244. The van der Waals surface area contributed by atoms with Crippen LogP contribution < -0.4 is 5.56 Å². The van der Waals surface area contributed by atoms with Crippen molar-refractivity contribution in [2.75, 3.05) is 0 Å².